The minimum Gasteiger partial charge on any atom is -0.199 e. The summed E-state index contributed by atoms with van der Waals surface area (Å²) in [7, 11) is -4.61. The van der Waals surface area contributed by atoms with Crippen molar-refractivity contribution in [3.63, 3.8) is 0 Å². The molecule has 0 aromatic heterocycles. The summed E-state index contributed by atoms with van der Waals surface area (Å²) >= 11 is 3.29. The molecule has 0 atom stereocenters. The summed E-state index contributed by atoms with van der Waals surface area (Å²) in [5.41, 5.74) is 0. The van der Waals surface area contributed by atoms with Crippen molar-refractivity contribution in [2.75, 3.05) is 12.3 Å². The van der Waals surface area contributed by atoms with Crippen molar-refractivity contribution in [3.8, 4) is 0 Å². The lowest BCUT2D eigenvalue weighted by Gasteiger charge is -2.06. The summed E-state index contributed by atoms with van der Waals surface area (Å²) in [6, 6.07) is 6.66. The van der Waals surface area contributed by atoms with E-state index in [-0.39, 0.29) is 0 Å². The first-order chi connectivity index (χ1) is 8.49. The lowest BCUT2D eigenvalue weighted by atomic mass is 10.4. The Bertz CT molecular complexity index is 503. The number of sulfonamides is 1. The molecule has 0 N–H and O–H groups in total. The first kappa shape index (κ1) is 15.9. The van der Waals surface area contributed by atoms with Crippen LogP contribution in [0, 0.1) is 0 Å². The van der Waals surface area contributed by atoms with E-state index in [0.29, 0.717) is 4.90 Å². The van der Waals surface area contributed by atoms with Gasteiger partial charge in [-0.2, -0.15) is 12.6 Å². The van der Waals surface area contributed by atoms with Crippen LogP contribution in [0.5, 0.6) is 0 Å². The molecule has 102 valence electrons. The minimum atomic E-state index is -3.47. The molecule has 1 aromatic rings. The molecule has 0 aliphatic heterocycles. The Morgan fingerprint density at radius 1 is 1.11 bits per heavy atom. The summed E-state index contributed by atoms with van der Waals surface area (Å²) in [6.45, 7) is 4.14. The van der Waals surface area contributed by atoms with Gasteiger partial charge in [-0.25, -0.2) is 0 Å². The van der Waals surface area contributed by atoms with Crippen LogP contribution in [0.4, 0.5) is 0 Å². The van der Waals surface area contributed by atoms with Gasteiger partial charge < -0.3 is 0 Å². The zero-order chi connectivity index (χ0) is 13.6. The zero-order valence-corrected chi connectivity index (χ0v) is 14.1. The molecule has 1 aromatic carbocycles. The largest absolute Gasteiger partial charge is 0.280 e. The maximum atomic E-state index is 12.1. The number of halogens is 1. The second-order valence-electron chi connectivity index (χ2n) is 4.09. The van der Waals surface area contributed by atoms with Gasteiger partial charge in [-0.05, 0) is 44.3 Å². The molecule has 1 rings (SSSR count). The van der Waals surface area contributed by atoms with Crippen molar-refractivity contribution >= 4 is 33.7 Å². The lowest BCUT2D eigenvalue weighted by molar-refractivity contribution is 0.598. The molecule has 0 aliphatic rings. The average molecular weight is 352 g/mol. The van der Waals surface area contributed by atoms with Crippen molar-refractivity contribution in [2.45, 2.75) is 31.6 Å². The highest BCUT2D eigenvalue weighted by Gasteiger charge is 2.12. The first-order valence-corrected chi connectivity index (χ1v) is 10.2. The highest BCUT2D eigenvalue weighted by Crippen LogP contribution is 2.31. The number of hydrogen-bond donors (Lipinski definition) is 0. The minimum absolute atomic E-state index is 0.292. The Balaban J connectivity index is 3.04. The molecule has 6 heteroatoms. The molecular formula is C12H19BrNO2PS. The Kier molecular flexibility index (Phi) is 6.61. The molecule has 0 unspecified atom stereocenters. The van der Waals surface area contributed by atoms with E-state index in [9.17, 15) is 8.42 Å². The quantitative estimate of drug-likeness (QED) is 0.715. The topological polar surface area (TPSA) is 46.5 Å². The van der Waals surface area contributed by atoms with Crippen LogP contribution in [0.3, 0.4) is 0 Å². The third-order valence-corrected chi connectivity index (χ3v) is 7.98. The Morgan fingerprint density at radius 2 is 1.61 bits per heavy atom. The maximum Gasteiger partial charge on any atom is 0.280 e. The van der Waals surface area contributed by atoms with E-state index >= 15 is 0 Å². The average Bonchev–Trinajstić information content (AvgIpc) is 2.29. The van der Waals surface area contributed by atoms with Gasteiger partial charge in [-0.1, -0.05) is 42.6 Å². The van der Waals surface area contributed by atoms with E-state index in [0.717, 1.165) is 29.6 Å². The molecule has 0 amide bonds. The number of hydrogen-bond acceptors (Lipinski definition) is 2. The highest BCUT2D eigenvalue weighted by molar-refractivity contribution is 9.10. The van der Waals surface area contributed by atoms with E-state index in [1.165, 1.54) is 0 Å². The van der Waals surface area contributed by atoms with Crippen LogP contribution < -0.4 is 0 Å². The number of rotatable bonds is 6. The van der Waals surface area contributed by atoms with Crippen LogP contribution in [0.15, 0.2) is 37.8 Å². The van der Waals surface area contributed by atoms with Gasteiger partial charge in [0.25, 0.3) is 10.0 Å². The number of nitrogens with zero attached hydrogens (tertiary/aromatic N) is 1. The van der Waals surface area contributed by atoms with Crippen molar-refractivity contribution < 1.29 is 8.42 Å². The maximum absolute atomic E-state index is 12.1. The SMILES string of the molecule is CCC[PH](CCC)=NS(=O)(=O)c1ccc(Br)cc1. The van der Waals surface area contributed by atoms with E-state index in [1.54, 1.807) is 24.3 Å². The summed E-state index contributed by atoms with van der Waals surface area (Å²) in [6.07, 6.45) is 3.84. The summed E-state index contributed by atoms with van der Waals surface area (Å²) in [4.78, 5) is 0.292. The molecule has 0 heterocycles. The fourth-order valence-corrected chi connectivity index (χ4v) is 6.28. The second-order valence-corrected chi connectivity index (χ2v) is 9.29. The molecule has 0 radical (unpaired) electrons. The molecule has 0 bridgehead atoms. The molecule has 0 aliphatic carbocycles. The van der Waals surface area contributed by atoms with Gasteiger partial charge in [-0.15, -0.1) is 0 Å². The smallest absolute Gasteiger partial charge is 0.199 e. The van der Waals surface area contributed by atoms with Gasteiger partial charge in [0.05, 0.1) is 4.90 Å². The lowest BCUT2D eigenvalue weighted by Crippen LogP contribution is -1.96. The van der Waals surface area contributed by atoms with E-state index < -0.39 is 17.7 Å². The van der Waals surface area contributed by atoms with Gasteiger partial charge in [0.1, 0.15) is 0 Å². The summed E-state index contributed by atoms with van der Waals surface area (Å²) in [5, 5.41) is 0. The standard InChI is InChI=1S/C12H19BrNO2PS/c1-3-9-17(10-4-2)14-18(15,16)12-7-5-11(13)6-8-12/h5-8,17H,3-4,9-10H2,1-2H3. The van der Waals surface area contributed by atoms with Gasteiger partial charge in [0, 0.05) is 4.47 Å². The highest BCUT2D eigenvalue weighted by atomic mass is 79.9. The van der Waals surface area contributed by atoms with Gasteiger partial charge >= 0.3 is 0 Å². The van der Waals surface area contributed by atoms with Crippen LogP contribution in [0.1, 0.15) is 26.7 Å². The van der Waals surface area contributed by atoms with Crippen molar-refractivity contribution in [1.82, 2.24) is 0 Å². The fraction of sp³-hybridized carbons (Fsp3) is 0.500. The van der Waals surface area contributed by atoms with E-state index in [4.69, 9.17) is 0 Å². The van der Waals surface area contributed by atoms with Crippen molar-refractivity contribution in [2.24, 2.45) is 4.15 Å². The fourth-order valence-electron chi connectivity index (χ4n) is 1.62. The predicted molar refractivity (Wildman–Crippen MR) is 82.4 cm³/mol. The summed E-state index contributed by atoms with van der Waals surface area (Å²) in [5.74, 6) is 0. The van der Waals surface area contributed by atoms with Crippen molar-refractivity contribution in [3.05, 3.63) is 28.7 Å². The number of benzene rings is 1. The Morgan fingerprint density at radius 3 is 2.06 bits per heavy atom. The predicted octanol–water partition coefficient (Wildman–Crippen LogP) is 4.36. The van der Waals surface area contributed by atoms with Gasteiger partial charge in [0.15, 0.2) is 0 Å². The van der Waals surface area contributed by atoms with E-state index in [2.05, 4.69) is 33.9 Å². The Labute approximate surface area is 119 Å². The zero-order valence-electron chi connectivity index (χ0n) is 10.7. The van der Waals surface area contributed by atoms with E-state index in [1.807, 2.05) is 0 Å². The molecule has 3 nitrogen and oxygen atoms in total. The molecule has 0 spiro atoms. The van der Waals surface area contributed by atoms with Gasteiger partial charge in [0.2, 0.25) is 0 Å². The summed E-state index contributed by atoms with van der Waals surface area (Å²) < 4.78 is 29.3. The molecule has 0 fully saturated rings. The van der Waals surface area contributed by atoms with Crippen LogP contribution in [0.25, 0.3) is 0 Å². The third kappa shape index (κ3) is 4.87. The molecule has 0 saturated carbocycles. The molecule has 0 saturated heterocycles. The second kappa shape index (κ2) is 7.46. The third-order valence-electron chi connectivity index (χ3n) is 2.44. The van der Waals surface area contributed by atoms with Crippen LogP contribution in [0.2, 0.25) is 0 Å². The molecule has 18 heavy (non-hydrogen) atoms. The normalized spacial score (nSPS) is 11.8. The monoisotopic (exact) mass is 351 g/mol. The van der Waals surface area contributed by atoms with Crippen molar-refractivity contribution in [1.29, 1.82) is 0 Å². The van der Waals surface area contributed by atoms with Gasteiger partial charge in [-0.3, -0.25) is 0 Å². The van der Waals surface area contributed by atoms with Crippen LogP contribution in [-0.4, -0.2) is 20.7 Å². The Hall–Kier alpha value is -0.120. The van der Waals surface area contributed by atoms with Crippen LogP contribution >= 0.6 is 23.6 Å². The molecular weight excluding hydrogens is 333 g/mol. The van der Waals surface area contributed by atoms with Crippen LogP contribution in [-0.2, 0) is 10.0 Å². The first-order valence-electron chi connectivity index (χ1n) is 6.08.